The summed E-state index contributed by atoms with van der Waals surface area (Å²) in [7, 11) is 0. The number of hydrogen-bond donors (Lipinski definition) is 1. The van der Waals surface area contributed by atoms with Crippen LogP contribution in [0.5, 0.6) is 0 Å². The molecule has 2 nitrogen and oxygen atoms in total. The zero-order valence-electron chi connectivity index (χ0n) is 9.24. The SMILES string of the molecule is CC(NCCSCC1CC1)c1ccoc1. The largest absolute Gasteiger partial charge is 0.472 e. The summed E-state index contributed by atoms with van der Waals surface area (Å²) in [6.45, 7) is 3.26. The number of rotatable bonds is 7. The summed E-state index contributed by atoms with van der Waals surface area (Å²) in [5.74, 6) is 3.63. The molecule has 1 atom stereocenters. The van der Waals surface area contributed by atoms with E-state index in [2.05, 4.69) is 24.0 Å². The normalized spacial score (nSPS) is 17.9. The van der Waals surface area contributed by atoms with Crippen LogP contribution in [-0.2, 0) is 0 Å². The van der Waals surface area contributed by atoms with Crippen LogP contribution in [0.3, 0.4) is 0 Å². The minimum atomic E-state index is 0.408. The molecule has 2 rings (SSSR count). The Hall–Kier alpha value is -0.410. The Morgan fingerprint density at radius 2 is 2.47 bits per heavy atom. The van der Waals surface area contributed by atoms with Crippen molar-refractivity contribution in [2.75, 3.05) is 18.1 Å². The lowest BCUT2D eigenvalue weighted by Crippen LogP contribution is -2.21. The molecule has 0 radical (unpaired) electrons. The standard InChI is InChI=1S/C12H19NOS/c1-10(12-4-6-14-8-12)13-5-7-15-9-11-2-3-11/h4,6,8,10-11,13H,2-3,5,7,9H2,1H3. The van der Waals surface area contributed by atoms with Crippen LogP contribution >= 0.6 is 11.8 Å². The third-order valence-corrected chi connectivity index (χ3v) is 3.99. The second-order valence-corrected chi connectivity index (χ2v) is 5.40. The van der Waals surface area contributed by atoms with Crippen LogP contribution in [0.15, 0.2) is 23.0 Å². The first-order chi connectivity index (χ1) is 7.36. The Labute approximate surface area is 95.8 Å². The van der Waals surface area contributed by atoms with Crippen molar-refractivity contribution in [1.29, 1.82) is 0 Å². The summed E-state index contributed by atoms with van der Waals surface area (Å²) in [6.07, 6.45) is 6.47. The molecule has 0 spiro atoms. The summed E-state index contributed by atoms with van der Waals surface area (Å²) >= 11 is 2.08. The van der Waals surface area contributed by atoms with E-state index < -0.39 is 0 Å². The topological polar surface area (TPSA) is 25.2 Å². The van der Waals surface area contributed by atoms with Crippen molar-refractivity contribution >= 4 is 11.8 Å². The molecule has 1 aliphatic carbocycles. The van der Waals surface area contributed by atoms with Gasteiger partial charge in [-0.05, 0) is 37.5 Å². The molecule has 1 aromatic heterocycles. The Morgan fingerprint density at radius 1 is 1.60 bits per heavy atom. The van der Waals surface area contributed by atoms with Gasteiger partial charge in [-0.3, -0.25) is 0 Å². The van der Waals surface area contributed by atoms with Gasteiger partial charge in [0, 0.05) is 23.9 Å². The van der Waals surface area contributed by atoms with Crippen LogP contribution in [0.2, 0.25) is 0 Å². The lowest BCUT2D eigenvalue weighted by Gasteiger charge is -2.11. The molecule has 1 aliphatic rings. The Balaban J connectivity index is 1.53. The molecule has 1 unspecified atom stereocenters. The Kier molecular flexibility index (Phi) is 4.15. The van der Waals surface area contributed by atoms with E-state index in [4.69, 9.17) is 4.42 Å². The van der Waals surface area contributed by atoms with Crippen molar-refractivity contribution in [2.45, 2.75) is 25.8 Å². The molecule has 0 aliphatic heterocycles. The summed E-state index contributed by atoms with van der Waals surface area (Å²) < 4.78 is 5.06. The molecule has 15 heavy (non-hydrogen) atoms. The van der Waals surface area contributed by atoms with E-state index >= 15 is 0 Å². The van der Waals surface area contributed by atoms with Gasteiger partial charge >= 0.3 is 0 Å². The van der Waals surface area contributed by atoms with Gasteiger partial charge in [0.05, 0.1) is 12.5 Å². The zero-order valence-corrected chi connectivity index (χ0v) is 10.1. The van der Waals surface area contributed by atoms with Crippen LogP contribution < -0.4 is 5.32 Å². The summed E-state index contributed by atoms with van der Waals surface area (Å²) in [6, 6.07) is 2.43. The zero-order chi connectivity index (χ0) is 10.5. The number of thioether (sulfide) groups is 1. The van der Waals surface area contributed by atoms with E-state index in [9.17, 15) is 0 Å². The fourth-order valence-corrected chi connectivity index (χ4v) is 2.62. The molecular weight excluding hydrogens is 206 g/mol. The number of furan rings is 1. The molecule has 0 amide bonds. The van der Waals surface area contributed by atoms with Gasteiger partial charge in [-0.1, -0.05) is 0 Å². The van der Waals surface area contributed by atoms with Crippen LogP contribution in [0.4, 0.5) is 0 Å². The van der Waals surface area contributed by atoms with E-state index in [1.807, 2.05) is 12.3 Å². The molecule has 0 saturated heterocycles. The fourth-order valence-electron chi connectivity index (χ4n) is 1.52. The molecular formula is C12H19NOS. The Morgan fingerprint density at radius 3 is 3.13 bits per heavy atom. The monoisotopic (exact) mass is 225 g/mol. The fraction of sp³-hybridized carbons (Fsp3) is 0.667. The molecule has 84 valence electrons. The summed E-state index contributed by atoms with van der Waals surface area (Å²) in [5.41, 5.74) is 1.24. The van der Waals surface area contributed by atoms with Crippen molar-refractivity contribution in [3.05, 3.63) is 24.2 Å². The maximum Gasteiger partial charge on any atom is 0.0950 e. The van der Waals surface area contributed by atoms with E-state index in [1.165, 1.54) is 29.9 Å². The van der Waals surface area contributed by atoms with Crippen LogP contribution in [-0.4, -0.2) is 18.1 Å². The van der Waals surface area contributed by atoms with Crippen molar-refractivity contribution in [1.82, 2.24) is 5.32 Å². The smallest absolute Gasteiger partial charge is 0.0950 e. The van der Waals surface area contributed by atoms with Gasteiger partial charge in [0.15, 0.2) is 0 Å². The predicted octanol–water partition coefficient (Wildman–Crippen LogP) is 3.07. The average molecular weight is 225 g/mol. The highest BCUT2D eigenvalue weighted by Gasteiger charge is 2.20. The number of hydrogen-bond acceptors (Lipinski definition) is 3. The van der Waals surface area contributed by atoms with Gasteiger partial charge in [-0.25, -0.2) is 0 Å². The minimum Gasteiger partial charge on any atom is -0.472 e. The van der Waals surface area contributed by atoms with Gasteiger partial charge < -0.3 is 9.73 Å². The molecule has 1 saturated carbocycles. The van der Waals surface area contributed by atoms with Gasteiger partial charge in [0.2, 0.25) is 0 Å². The third kappa shape index (κ3) is 3.92. The molecule has 1 aromatic rings. The predicted molar refractivity (Wildman–Crippen MR) is 65.2 cm³/mol. The highest BCUT2D eigenvalue weighted by Crippen LogP contribution is 2.32. The van der Waals surface area contributed by atoms with E-state index in [1.54, 1.807) is 6.26 Å². The van der Waals surface area contributed by atoms with Gasteiger partial charge in [-0.15, -0.1) is 0 Å². The van der Waals surface area contributed by atoms with E-state index in [0.29, 0.717) is 6.04 Å². The van der Waals surface area contributed by atoms with Crippen molar-refractivity contribution in [3.8, 4) is 0 Å². The average Bonchev–Trinajstić information content (AvgIpc) is 2.90. The first kappa shape index (κ1) is 11.1. The molecule has 0 aromatic carbocycles. The van der Waals surface area contributed by atoms with Crippen molar-refractivity contribution in [2.24, 2.45) is 5.92 Å². The Bertz CT molecular complexity index is 269. The van der Waals surface area contributed by atoms with E-state index in [0.717, 1.165) is 12.5 Å². The second-order valence-electron chi connectivity index (χ2n) is 4.25. The van der Waals surface area contributed by atoms with Crippen molar-refractivity contribution < 1.29 is 4.42 Å². The minimum absolute atomic E-state index is 0.408. The highest BCUT2D eigenvalue weighted by atomic mass is 32.2. The van der Waals surface area contributed by atoms with Crippen molar-refractivity contribution in [3.63, 3.8) is 0 Å². The molecule has 1 N–H and O–H groups in total. The van der Waals surface area contributed by atoms with Gasteiger partial charge in [-0.2, -0.15) is 11.8 Å². The van der Waals surface area contributed by atoms with Gasteiger partial charge in [0.1, 0.15) is 0 Å². The second kappa shape index (κ2) is 5.61. The maximum absolute atomic E-state index is 5.06. The molecule has 1 heterocycles. The van der Waals surface area contributed by atoms with E-state index in [-0.39, 0.29) is 0 Å². The maximum atomic E-state index is 5.06. The summed E-state index contributed by atoms with van der Waals surface area (Å²) in [4.78, 5) is 0. The van der Waals surface area contributed by atoms with Crippen LogP contribution in [0.25, 0.3) is 0 Å². The quantitative estimate of drug-likeness (QED) is 0.722. The highest BCUT2D eigenvalue weighted by molar-refractivity contribution is 7.99. The molecule has 0 bridgehead atoms. The third-order valence-electron chi connectivity index (χ3n) is 2.79. The first-order valence-corrected chi connectivity index (χ1v) is 6.85. The first-order valence-electron chi connectivity index (χ1n) is 5.69. The van der Waals surface area contributed by atoms with Crippen LogP contribution in [0.1, 0.15) is 31.4 Å². The lowest BCUT2D eigenvalue weighted by molar-refractivity contribution is 0.546. The van der Waals surface area contributed by atoms with Crippen LogP contribution in [0, 0.1) is 5.92 Å². The number of nitrogens with one attached hydrogen (secondary N) is 1. The van der Waals surface area contributed by atoms with Gasteiger partial charge in [0.25, 0.3) is 0 Å². The molecule has 3 heteroatoms. The molecule has 1 fully saturated rings. The lowest BCUT2D eigenvalue weighted by atomic mass is 10.2. The summed E-state index contributed by atoms with van der Waals surface area (Å²) in [5, 5.41) is 3.50.